The summed E-state index contributed by atoms with van der Waals surface area (Å²) in [4.78, 5) is 20.9. The van der Waals surface area contributed by atoms with Crippen LogP contribution in [-0.2, 0) is 11.3 Å². The number of nitrogens with one attached hydrogen (secondary N) is 2. The maximum Gasteiger partial charge on any atom is 0.321 e. The van der Waals surface area contributed by atoms with Gasteiger partial charge in [0.1, 0.15) is 0 Å². The lowest BCUT2D eigenvalue weighted by Gasteiger charge is -2.34. The summed E-state index contributed by atoms with van der Waals surface area (Å²) in [7, 11) is 1.82. The van der Waals surface area contributed by atoms with Gasteiger partial charge in [0.25, 0.3) is 0 Å². The predicted molar refractivity (Wildman–Crippen MR) is 113 cm³/mol. The van der Waals surface area contributed by atoms with Crippen LogP contribution < -0.4 is 10.6 Å². The predicted octanol–water partition coefficient (Wildman–Crippen LogP) is 2.89. The van der Waals surface area contributed by atoms with E-state index in [1.165, 1.54) is 0 Å². The molecule has 28 heavy (non-hydrogen) atoms. The van der Waals surface area contributed by atoms with E-state index < -0.39 is 0 Å². The number of aliphatic imine (C=N–C) groups is 1. The second-order valence-corrected chi connectivity index (χ2v) is 7.37. The number of piperidine rings is 1. The number of hydrogen-bond donors (Lipinski definition) is 2. The zero-order valence-electron chi connectivity index (χ0n) is 17.1. The fraction of sp³-hybridized carbons (Fsp3) is 0.619. The van der Waals surface area contributed by atoms with Gasteiger partial charge in [0, 0.05) is 52.1 Å². The molecule has 2 saturated heterocycles. The van der Waals surface area contributed by atoms with E-state index in [4.69, 9.17) is 4.74 Å². The molecule has 0 unspecified atom stereocenters. The van der Waals surface area contributed by atoms with E-state index in [2.05, 4.69) is 33.5 Å². The highest BCUT2D eigenvalue weighted by molar-refractivity contribution is 5.89. The Morgan fingerprint density at radius 3 is 2.61 bits per heavy atom. The normalized spacial score (nSPS) is 18.4. The van der Waals surface area contributed by atoms with Gasteiger partial charge in [0.2, 0.25) is 0 Å². The van der Waals surface area contributed by atoms with Crippen LogP contribution in [0.3, 0.4) is 0 Å². The van der Waals surface area contributed by atoms with Gasteiger partial charge in [-0.1, -0.05) is 12.1 Å². The van der Waals surface area contributed by atoms with Gasteiger partial charge in [-0.2, -0.15) is 0 Å². The number of hydrogen-bond acceptors (Lipinski definition) is 3. The lowest BCUT2D eigenvalue weighted by molar-refractivity contribution is 0.0263. The Morgan fingerprint density at radius 1 is 1.18 bits per heavy atom. The van der Waals surface area contributed by atoms with E-state index in [9.17, 15) is 4.79 Å². The summed E-state index contributed by atoms with van der Waals surface area (Å²) in [5.41, 5.74) is 1.95. The second-order valence-electron chi connectivity index (χ2n) is 7.37. The molecule has 7 heteroatoms. The van der Waals surface area contributed by atoms with Gasteiger partial charge in [-0.15, -0.1) is 0 Å². The average Bonchev–Trinajstić information content (AvgIpc) is 3.25. The number of nitrogens with zero attached hydrogens (tertiary/aromatic N) is 3. The molecule has 154 valence electrons. The molecule has 2 fully saturated rings. The van der Waals surface area contributed by atoms with Gasteiger partial charge in [-0.3, -0.25) is 4.99 Å². The molecule has 0 saturated carbocycles. The highest BCUT2D eigenvalue weighted by atomic mass is 16.5. The van der Waals surface area contributed by atoms with E-state index in [1.54, 1.807) is 0 Å². The van der Waals surface area contributed by atoms with Crippen molar-refractivity contribution in [1.82, 2.24) is 15.1 Å². The largest absolute Gasteiger partial charge is 0.378 e. The third kappa shape index (κ3) is 5.61. The molecule has 0 aromatic heterocycles. The third-order valence-corrected chi connectivity index (χ3v) is 5.38. The number of guanidine groups is 1. The lowest BCUT2D eigenvalue weighted by Crippen LogP contribution is -2.46. The van der Waals surface area contributed by atoms with Crippen LogP contribution in [0.4, 0.5) is 10.5 Å². The number of anilines is 1. The topological polar surface area (TPSA) is 69.2 Å². The third-order valence-electron chi connectivity index (χ3n) is 5.38. The monoisotopic (exact) mass is 387 g/mol. The Bertz CT molecular complexity index is 665. The first kappa shape index (κ1) is 20.5. The van der Waals surface area contributed by atoms with E-state index in [0.29, 0.717) is 12.6 Å². The zero-order chi connectivity index (χ0) is 19.8. The smallest absolute Gasteiger partial charge is 0.321 e. The number of carbonyl (C=O) groups excluding carboxylic acids is 1. The molecule has 0 spiro atoms. The minimum absolute atomic E-state index is 0.00409. The van der Waals surface area contributed by atoms with Gasteiger partial charge >= 0.3 is 6.03 Å². The number of benzene rings is 1. The van der Waals surface area contributed by atoms with Crippen LogP contribution in [0.1, 0.15) is 38.2 Å². The summed E-state index contributed by atoms with van der Waals surface area (Å²) in [5, 5.41) is 6.46. The first-order valence-corrected chi connectivity index (χ1v) is 10.4. The Morgan fingerprint density at radius 2 is 1.93 bits per heavy atom. The highest BCUT2D eigenvalue weighted by Gasteiger charge is 2.21. The van der Waals surface area contributed by atoms with E-state index in [-0.39, 0.29) is 6.03 Å². The van der Waals surface area contributed by atoms with E-state index >= 15 is 0 Å². The van der Waals surface area contributed by atoms with Crippen LogP contribution in [0.5, 0.6) is 0 Å². The van der Waals surface area contributed by atoms with Crippen molar-refractivity contribution in [2.24, 2.45) is 4.99 Å². The standard InChI is InChI=1S/C21H33N5O2/c1-3-28-19-9-13-25(14-10-19)20(22-2)23-16-17-7-6-8-18(15-17)24-21(27)26-11-4-5-12-26/h6-8,15,19H,3-5,9-14,16H2,1-2H3,(H,22,23)(H,24,27). The van der Waals surface area contributed by atoms with Gasteiger partial charge < -0.3 is 25.2 Å². The maximum atomic E-state index is 12.3. The number of ether oxygens (including phenoxy) is 1. The molecule has 0 bridgehead atoms. The van der Waals surface area contributed by atoms with Crippen LogP contribution in [-0.4, -0.2) is 67.7 Å². The van der Waals surface area contributed by atoms with Crippen molar-refractivity contribution in [3.63, 3.8) is 0 Å². The molecule has 2 heterocycles. The summed E-state index contributed by atoms with van der Waals surface area (Å²) in [6.07, 6.45) is 4.63. The Labute approximate surface area is 168 Å². The minimum atomic E-state index is -0.00409. The number of urea groups is 1. The molecule has 1 aromatic rings. The van der Waals surface area contributed by atoms with Gasteiger partial charge in [0.15, 0.2) is 5.96 Å². The zero-order valence-corrected chi connectivity index (χ0v) is 17.1. The van der Waals surface area contributed by atoms with Crippen LogP contribution >= 0.6 is 0 Å². The molecule has 7 nitrogen and oxygen atoms in total. The first-order valence-electron chi connectivity index (χ1n) is 10.4. The van der Waals surface area contributed by atoms with Crippen molar-refractivity contribution in [1.29, 1.82) is 0 Å². The highest BCUT2D eigenvalue weighted by Crippen LogP contribution is 2.16. The molecule has 2 amide bonds. The summed E-state index contributed by atoms with van der Waals surface area (Å²) < 4.78 is 5.73. The van der Waals surface area contributed by atoms with Crippen molar-refractivity contribution in [3.8, 4) is 0 Å². The van der Waals surface area contributed by atoms with Crippen molar-refractivity contribution in [2.75, 3.05) is 45.2 Å². The van der Waals surface area contributed by atoms with Crippen molar-refractivity contribution in [3.05, 3.63) is 29.8 Å². The van der Waals surface area contributed by atoms with Crippen molar-refractivity contribution < 1.29 is 9.53 Å². The molecular formula is C21H33N5O2. The first-order chi connectivity index (χ1) is 13.7. The van der Waals surface area contributed by atoms with E-state index in [1.807, 2.05) is 30.1 Å². The molecular weight excluding hydrogens is 354 g/mol. The SMILES string of the molecule is CCOC1CCN(C(=NC)NCc2cccc(NC(=O)N3CCCC3)c2)CC1. The fourth-order valence-electron chi connectivity index (χ4n) is 3.87. The van der Waals surface area contributed by atoms with Gasteiger partial charge in [-0.05, 0) is 50.3 Å². The Hall–Kier alpha value is -2.28. The molecule has 2 aliphatic heterocycles. The summed E-state index contributed by atoms with van der Waals surface area (Å²) in [5.74, 6) is 0.918. The van der Waals surface area contributed by atoms with Gasteiger partial charge in [0.05, 0.1) is 6.10 Å². The number of likely N-dealkylation sites (tertiary alicyclic amines) is 2. The summed E-state index contributed by atoms with van der Waals surface area (Å²) in [6.45, 7) is 7.11. The van der Waals surface area contributed by atoms with Crippen LogP contribution in [0, 0.1) is 0 Å². The summed E-state index contributed by atoms with van der Waals surface area (Å²) >= 11 is 0. The number of carbonyl (C=O) groups is 1. The number of rotatable bonds is 5. The molecule has 2 N–H and O–H groups in total. The van der Waals surface area contributed by atoms with Crippen LogP contribution in [0.2, 0.25) is 0 Å². The molecule has 3 rings (SSSR count). The summed E-state index contributed by atoms with van der Waals surface area (Å²) in [6, 6.07) is 8.00. The van der Waals surface area contributed by atoms with Gasteiger partial charge in [-0.25, -0.2) is 4.79 Å². The second kappa shape index (κ2) is 10.3. The maximum absolute atomic E-state index is 12.3. The fourth-order valence-corrected chi connectivity index (χ4v) is 3.87. The minimum Gasteiger partial charge on any atom is -0.378 e. The Kier molecular flexibility index (Phi) is 7.54. The average molecular weight is 388 g/mol. The Balaban J connectivity index is 1.50. The number of amides is 2. The molecule has 0 aliphatic carbocycles. The quantitative estimate of drug-likeness (QED) is 0.602. The van der Waals surface area contributed by atoms with Crippen LogP contribution in [0.25, 0.3) is 0 Å². The van der Waals surface area contributed by atoms with E-state index in [0.717, 1.165) is 75.7 Å². The molecule has 0 atom stereocenters. The lowest BCUT2D eigenvalue weighted by atomic mass is 10.1. The van der Waals surface area contributed by atoms with Crippen LogP contribution in [0.15, 0.2) is 29.3 Å². The molecule has 0 radical (unpaired) electrons. The molecule has 2 aliphatic rings. The van der Waals surface area contributed by atoms with Crippen molar-refractivity contribution in [2.45, 2.75) is 45.3 Å². The molecule has 1 aromatic carbocycles. The van der Waals surface area contributed by atoms with Crippen molar-refractivity contribution >= 4 is 17.7 Å².